The standard InChI is InChI=1S/C8H14N2/c1-7(9-2)8-4-3-5-10-6-8/h3-5,7-9H,6H2,1-2H3. The van der Waals surface area contributed by atoms with Crippen molar-refractivity contribution in [3.63, 3.8) is 0 Å². The molecule has 1 rings (SSSR count). The molecular weight excluding hydrogens is 124 g/mol. The van der Waals surface area contributed by atoms with Gasteiger partial charge in [-0.3, -0.25) is 4.99 Å². The first-order valence-electron chi connectivity index (χ1n) is 3.68. The molecule has 0 aromatic carbocycles. The van der Waals surface area contributed by atoms with Gasteiger partial charge in [-0.05, 0) is 20.0 Å². The molecule has 0 aromatic heterocycles. The zero-order chi connectivity index (χ0) is 7.40. The number of allylic oxidation sites excluding steroid dienone is 1. The smallest absolute Gasteiger partial charge is 0.0467 e. The number of hydrogen-bond donors (Lipinski definition) is 1. The molecule has 0 saturated carbocycles. The van der Waals surface area contributed by atoms with Crippen LogP contribution in [0.5, 0.6) is 0 Å². The van der Waals surface area contributed by atoms with E-state index in [1.165, 1.54) is 0 Å². The maximum Gasteiger partial charge on any atom is 0.0467 e. The highest BCUT2D eigenvalue weighted by molar-refractivity contribution is 5.72. The summed E-state index contributed by atoms with van der Waals surface area (Å²) in [6.07, 6.45) is 6.08. The van der Waals surface area contributed by atoms with E-state index in [9.17, 15) is 0 Å². The molecule has 10 heavy (non-hydrogen) atoms. The van der Waals surface area contributed by atoms with Crippen molar-refractivity contribution in [2.45, 2.75) is 13.0 Å². The Morgan fingerprint density at radius 2 is 2.50 bits per heavy atom. The molecule has 0 bridgehead atoms. The molecule has 0 saturated heterocycles. The summed E-state index contributed by atoms with van der Waals surface area (Å²) < 4.78 is 0. The molecule has 1 aliphatic heterocycles. The first-order chi connectivity index (χ1) is 4.84. The summed E-state index contributed by atoms with van der Waals surface area (Å²) in [5.41, 5.74) is 0. The van der Waals surface area contributed by atoms with Crippen LogP contribution in [0.2, 0.25) is 0 Å². The summed E-state index contributed by atoms with van der Waals surface area (Å²) in [7, 11) is 1.98. The highest BCUT2D eigenvalue weighted by atomic mass is 14.9. The molecule has 0 spiro atoms. The van der Waals surface area contributed by atoms with Crippen LogP contribution in [0.1, 0.15) is 6.92 Å². The minimum atomic E-state index is 0.536. The fourth-order valence-electron chi connectivity index (χ4n) is 1.04. The van der Waals surface area contributed by atoms with Crippen LogP contribution >= 0.6 is 0 Å². The third-order valence-corrected chi connectivity index (χ3v) is 1.96. The predicted octanol–water partition coefficient (Wildman–Crippen LogP) is 0.851. The average molecular weight is 138 g/mol. The van der Waals surface area contributed by atoms with E-state index in [4.69, 9.17) is 0 Å². The molecule has 0 aromatic rings. The minimum absolute atomic E-state index is 0.536. The Morgan fingerprint density at radius 1 is 1.70 bits per heavy atom. The Morgan fingerprint density at radius 3 is 3.00 bits per heavy atom. The van der Waals surface area contributed by atoms with Crippen molar-refractivity contribution in [3.8, 4) is 0 Å². The Kier molecular flexibility index (Phi) is 2.63. The number of nitrogens with zero attached hydrogens (tertiary/aromatic N) is 1. The molecule has 2 heteroatoms. The minimum Gasteiger partial charge on any atom is -0.317 e. The maximum atomic E-state index is 4.18. The normalized spacial score (nSPS) is 26.8. The Balaban J connectivity index is 2.42. The van der Waals surface area contributed by atoms with Crippen LogP contribution in [0.25, 0.3) is 0 Å². The summed E-state index contributed by atoms with van der Waals surface area (Å²) in [5, 5.41) is 3.21. The summed E-state index contributed by atoms with van der Waals surface area (Å²) >= 11 is 0. The monoisotopic (exact) mass is 138 g/mol. The number of hydrogen-bond acceptors (Lipinski definition) is 2. The van der Waals surface area contributed by atoms with E-state index in [-0.39, 0.29) is 0 Å². The molecular formula is C8H14N2. The fourth-order valence-corrected chi connectivity index (χ4v) is 1.04. The molecule has 1 heterocycles. The van der Waals surface area contributed by atoms with Gasteiger partial charge in [0.25, 0.3) is 0 Å². The third-order valence-electron chi connectivity index (χ3n) is 1.96. The zero-order valence-electron chi connectivity index (χ0n) is 6.54. The number of rotatable bonds is 2. The number of dihydropyridines is 1. The largest absolute Gasteiger partial charge is 0.317 e. The number of nitrogens with one attached hydrogen (secondary N) is 1. The topological polar surface area (TPSA) is 24.4 Å². The molecule has 2 atom stereocenters. The van der Waals surface area contributed by atoms with E-state index in [1.807, 2.05) is 19.3 Å². The van der Waals surface area contributed by atoms with Crippen LogP contribution in [-0.4, -0.2) is 25.8 Å². The van der Waals surface area contributed by atoms with E-state index in [1.54, 1.807) is 0 Å². The summed E-state index contributed by atoms with van der Waals surface area (Å²) in [6.45, 7) is 3.11. The average Bonchev–Trinajstić information content (AvgIpc) is 2.05. The fraction of sp³-hybridized carbons (Fsp3) is 0.625. The van der Waals surface area contributed by atoms with E-state index in [0.29, 0.717) is 12.0 Å². The first-order valence-corrected chi connectivity index (χ1v) is 3.68. The van der Waals surface area contributed by atoms with Crippen molar-refractivity contribution >= 4 is 6.21 Å². The van der Waals surface area contributed by atoms with Crippen LogP contribution in [-0.2, 0) is 0 Å². The van der Waals surface area contributed by atoms with Crippen LogP contribution in [0.15, 0.2) is 17.1 Å². The quantitative estimate of drug-likeness (QED) is 0.601. The van der Waals surface area contributed by atoms with Gasteiger partial charge in [0.1, 0.15) is 0 Å². The molecule has 2 nitrogen and oxygen atoms in total. The lowest BCUT2D eigenvalue weighted by Crippen LogP contribution is -2.31. The highest BCUT2D eigenvalue weighted by Gasteiger charge is 2.12. The van der Waals surface area contributed by atoms with Gasteiger partial charge in [-0.25, -0.2) is 0 Å². The second-order valence-electron chi connectivity index (χ2n) is 2.64. The summed E-state index contributed by atoms with van der Waals surface area (Å²) in [6, 6.07) is 0.536. The van der Waals surface area contributed by atoms with Crippen molar-refractivity contribution in [1.82, 2.24) is 5.32 Å². The van der Waals surface area contributed by atoms with Gasteiger partial charge in [-0.2, -0.15) is 0 Å². The summed E-state index contributed by atoms with van der Waals surface area (Å²) in [5.74, 6) is 0.579. The van der Waals surface area contributed by atoms with E-state index in [0.717, 1.165) is 6.54 Å². The molecule has 1 N–H and O–H groups in total. The lowest BCUT2D eigenvalue weighted by Gasteiger charge is -2.19. The molecule has 0 amide bonds. The molecule has 0 radical (unpaired) electrons. The van der Waals surface area contributed by atoms with Crippen molar-refractivity contribution in [2.75, 3.05) is 13.6 Å². The third kappa shape index (κ3) is 1.67. The molecule has 1 aliphatic rings. The zero-order valence-corrected chi connectivity index (χ0v) is 6.54. The van der Waals surface area contributed by atoms with E-state index in [2.05, 4.69) is 23.3 Å². The van der Waals surface area contributed by atoms with Crippen molar-refractivity contribution in [3.05, 3.63) is 12.2 Å². The van der Waals surface area contributed by atoms with Gasteiger partial charge in [-0.15, -0.1) is 0 Å². The second kappa shape index (κ2) is 3.52. The lowest BCUT2D eigenvalue weighted by molar-refractivity contribution is 0.473. The Hall–Kier alpha value is -0.630. The van der Waals surface area contributed by atoms with Gasteiger partial charge >= 0.3 is 0 Å². The maximum absolute atomic E-state index is 4.18. The van der Waals surface area contributed by atoms with E-state index < -0.39 is 0 Å². The van der Waals surface area contributed by atoms with Crippen LogP contribution in [0.4, 0.5) is 0 Å². The van der Waals surface area contributed by atoms with Crippen LogP contribution < -0.4 is 5.32 Å². The van der Waals surface area contributed by atoms with Gasteiger partial charge < -0.3 is 5.32 Å². The summed E-state index contributed by atoms with van der Waals surface area (Å²) in [4.78, 5) is 4.18. The van der Waals surface area contributed by atoms with Crippen molar-refractivity contribution < 1.29 is 0 Å². The molecule has 2 unspecified atom stereocenters. The Bertz CT molecular complexity index is 149. The molecule has 0 fully saturated rings. The van der Waals surface area contributed by atoms with Crippen LogP contribution in [0, 0.1) is 5.92 Å². The lowest BCUT2D eigenvalue weighted by atomic mass is 10.00. The Labute approximate surface area is 62.0 Å². The molecule has 56 valence electrons. The van der Waals surface area contributed by atoms with Crippen molar-refractivity contribution in [2.24, 2.45) is 10.9 Å². The van der Waals surface area contributed by atoms with Gasteiger partial charge in [0.15, 0.2) is 0 Å². The number of aliphatic imine (C=N–C) groups is 1. The SMILES string of the molecule is CNC(C)C1C=CC=NC1. The van der Waals surface area contributed by atoms with Gasteiger partial charge in [0.2, 0.25) is 0 Å². The van der Waals surface area contributed by atoms with Crippen molar-refractivity contribution in [1.29, 1.82) is 0 Å². The van der Waals surface area contributed by atoms with Gasteiger partial charge in [-0.1, -0.05) is 6.08 Å². The van der Waals surface area contributed by atoms with Crippen LogP contribution in [0.3, 0.4) is 0 Å². The van der Waals surface area contributed by atoms with Gasteiger partial charge in [0.05, 0.1) is 0 Å². The first kappa shape index (κ1) is 7.48. The van der Waals surface area contributed by atoms with Gasteiger partial charge in [0, 0.05) is 24.7 Å². The highest BCUT2D eigenvalue weighted by Crippen LogP contribution is 2.07. The molecule has 0 aliphatic carbocycles. The predicted molar refractivity (Wildman–Crippen MR) is 44.5 cm³/mol. The second-order valence-corrected chi connectivity index (χ2v) is 2.64. The van der Waals surface area contributed by atoms with E-state index >= 15 is 0 Å².